The lowest BCUT2D eigenvalue weighted by Crippen LogP contribution is -2.36. The fourth-order valence-electron chi connectivity index (χ4n) is 2.95. The van der Waals surface area contributed by atoms with E-state index >= 15 is 0 Å². The minimum absolute atomic E-state index is 0.562. The molecular weight excluding hydrogens is 392 g/mol. The Hall–Kier alpha value is -2.77. The fraction of sp³-hybridized carbons (Fsp3) is 0.458. The highest BCUT2D eigenvalue weighted by atomic mass is 16.5. The molecule has 170 valence electrons. The van der Waals surface area contributed by atoms with Crippen LogP contribution in [0, 0.1) is 0 Å². The highest BCUT2D eigenvalue weighted by Crippen LogP contribution is 2.17. The van der Waals surface area contributed by atoms with Crippen molar-refractivity contribution < 1.29 is 14.2 Å². The zero-order valence-corrected chi connectivity index (χ0v) is 19.2. The standard InChI is InChI=1S/C24H36N4O3/c1-5-25-24(27-19-21-10-6-7-12-23(21)30-4)26-18-20-9-8-11-22(17-20)31-16-14-28(2)13-15-29-3/h6-12,17H,5,13-16,18-19H2,1-4H3,(H2,25,26,27). The Morgan fingerprint density at radius 3 is 2.58 bits per heavy atom. The SMILES string of the molecule is CCNC(=NCc1cccc(OCCN(C)CCOC)c1)NCc1ccccc1OC. The summed E-state index contributed by atoms with van der Waals surface area (Å²) in [6, 6.07) is 16.1. The molecule has 0 amide bonds. The van der Waals surface area contributed by atoms with Gasteiger partial charge in [0, 0.05) is 38.9 Å². The molecule has 0 fully saturated rings. The number of methoxy groups -OCH3 is 2. The van der Waals surface area contributed by atoms with E-state index in [0.29, 0.717) is 19.7 Å². The number of benzene rings is 2. The number of para-hydroxylation sites is 1. The lowest BCUT2D eigenvalue weighted by Gasteiger charge is -2.16. The molecular formula is C24H36N4O3. The lowest BCUT2D eigenvalue weighted by atomic mass is 10.2. The first-order chi connectivity index (χ1) is 15.2. The molecule has 0 aromatic heterocycles. The second-order valence-corrected chi connectivity index (χ2v) is 7.15. The summed E-state index contributed by atoms with van der Waals surface area (Å²) in [4.78, 5) is 6.90. The number of nitrogens with one attached hydrogen (secondary N) is 2. The molecule has 2 aromatic carbocycles. The molecule has 0 radical (unpaired) electrons. The molecule has 7 heteroatoms. The van der Waals surface area contributed by atoms with Gasteiger partial charge in [0.2, 0.25) is 0 Å². The van der Waals surface area contributed by atoms with Crippen molar-refractivity contribution in [2.24, 2.45) is 4.99 Å². The summed E-state index contributed by atoms with van der Waals surface area (Å²) in [5.41, 5.74) is 2.18. The van der Waals surface area contributed by atoms with Gasteiger partial charge in [0.1, 0.15) is 18.1 Å². The quantitative estimate of drug-likeness (QED) is 0.378. The summed E-state index contributed by atoms with van der Waals surface area (Å²) in [6.07, 6.45) is 0. The average molecular weight is 429 g/mol. The van der Waals surface area contributed by atoms with E-state index in [1.165, 1.54) is 0 Å². The van der Waals surface area contributed by atoms with E-state index in [2.05, 4.69) is 35.6 Å². The van der Waals surface area contributed by atoms with E-state index in [1.807, 2.05) is 42.5 Å². The molecule has 0 saturated carbocycles. The van der Waals surface area contributed by atoms with Crippen LogP contribution in [0.1, 0.15) is 18.1 Å². The number of likely N-dealkylation sites (N-methyl/N-ethyl adjacent to an activating group) is 1. The van der Waals surface area contributed by atoms with Gasteiger partial charge in [-0.15, -0.1) is 0 Å². The molecule has 31 heavy (non-hydrogen) atoms. The van der Waals surface area contributed by atoms with Crippen LogP contribution in [0.5, 0.6) is 11.5 Å². The molecule has 0 bridgehead atoms. The predicted octanol–water partition coefficient (Wildman–Crippen LogP) is 2.91. The van der Waals surface area contributed by atoms with E-state index in [9.17, 15) is 0 Å². The van der Waals surface area contributed by atoms with Crippen molar-refractivity contribution in [1.29, 1.82) is 0 Å². The van der Waals surface area contributed by atoms with Gasteiger partial charge in [-0.3, -0.25) is 0 Å². The Bertz CT molecular complexity index is 798. The van der Waals surface area contributed by atoms with Gasteiger partial charge >= 0.3 is 0 Å². The molecule has 0 aliphatic carbocycles. The number of nitrogens with zero attached hydrogens (tertiary/aromatic N) is 2. The second kappa shape index (κ2) is 14.3. The minimum atomic E-state index is 0.562. The van der Waals surface area contributed by atoms with Crippen LogP contribution >= 0.6 is 0 Å². The van der Waals surface area contributed by atoms with E-state index in [0.717, 1.165) is 54.8 Å². The molecule has 0 saturated heterocycles. The Kier molecular flexibility index (Phi) is 11.3. The molecule has 2 rings (SSSR count). The first kappa shape index (κ1) is 24.5. The average Bonchev–Trinajstić information content (AvgIpc) is 2.80. The van der Waals surface area contributed by atoms with Crippen LogP contribution in [-0.4, -0.2) is 65.0 Å². The van der Waals surface area contributed by atoms with Crippen LogP contribution in [0.4, 0.5) is 0 Å². The molecule has 0 aliphatic rings. The highest BCUT2D eigenvalue weighted by molar-refractivity contribution is 5.79. The van der Waals surface area contributed by atoms with E-state index in [1.54, 1.807) is 14.2 Å². The highest BCUT2D eigenvalue weighted by Gasteiger charge is 2.04. The van der Waals surface area contributed by atoms with Crippen molar-refractivity contribution in [3.63, 3.8) is 0 Å². The van der Waals surface area contributed by atoms with Crippen molar-refractivity contribution in [2.75, 3.05) is 54.1 Å². The smallest absolute Gasteiger partial charge is 0.191 e. The van der Waals surface area contributed by atoms with Crippen LogP contribution in [-0.2, 0) is 17.8 Å². The van der Waals surface area contributed by atoms with Crippen LogP contribution in [0.3, 0.4) is 0 Å². The summed E-state index contributed by atoms with van der Waals surface area (Å²) in [5, 5.41) is 6.66. The predicted molar refractivity (Wildman–Crippen MR) is 126 cm³/mol. The number of aliphatic imine (C=N–C) groups is 1. The molecule has 0 atom stereocenters. The van der Waals surface area contributed by atoms with E-state index in [-0.39, 0.29) is 0 Å². The van der Waals surface area contributed by atoms with Crippen molar-refractivity contribution in [3.8, 4) is 11.5 Å². The van der Waals surface area contributed by atoms with Crippen LogP contribution < -0.4 is 20.1 Å². The van der Waals surface area contributed by atoms with E-state index < -0.39 is 0 Å². The number of hydrogen-bond donors (Lipinski definition) is 2. The molecule has 2 aromatic rings. The number of ether oxygens (including phenoxy) is 3. The third-order valence-corrected chi connectivity index (χ3v) is 4.72. The zero-order valence-electron chi connectivity index (χ0n) is 19.2. The second-order valence-electron chi connectivity index (χ2n) is 7.15. The summed E-state index contributed by atoms with van der Waals surface area (Å²) in [7, 11) is 5.46. The number of guanidine groups is 1. The topological polar surface area (TPSA) is 67.4 Å². The van der Waals surface area contributed by atoms with Crippen molar-refractivity contribution in [2.45, 2.75) is 20.0 Å². The normalized spacial score (nSPS) is 11.5. The Morgan fingerprint density at radius 1 is 1.00 bits per heavy atom. The van der Waals surface area contributed by atoms with Gasteiger partial charge in [0.15, 0.2) is 5.96 Å². The molecule has 0 unspecified atom stereocenters. The van der Waals surface area contributed by atoms with Gasteiger partial charge in [-0.05, 0) is 37.7 Å². The number of hydrogen-bond acceptors (Lipinski definition) is 5. The molecule has 0 spiro atoms. The number of rotatable bonds is 13. The lowest BCUT2D eigenvalue weighted by molar-refractivity contribution is 0.150. The third-order valence-electron chi connectivity index (χ3n) is 4.72. The molecule has 0 aliphatic heterocycles. The Balaban J connectivity index is 1.89. The first-order valence-corrected chi connectivity index (χ1v) is 10.7. The van der Waals surface area contributed by atoms with Crippen molar-refractivity contribution >= 4 is 5.96 Å². The summed E-state index contributed by atoms with van der Waals surface area (Å²) >= 11 is 0. The van der Waals surface area contributed by atoms with Gasteiger partial charge in [0.25, 0.3) is 0 Å². The van der Waals surface area contributed by atoms with Gasteiger partial charge in [-0.1, -0.05) is 30.3 Å². The molecule has 7 nitrogen and oxygen atoms in total. The van der Waals surface area contributed by atoms with E-state index in [4.69, 9.17) is 19.2 Å². The first-order valence-electron chi connectivity index (χ1n) is 10.7. The largest absolute Gasteiger partial charge is 0.496 e. The fourth-order valence-corrected chi connectivity index (χ4v) is 2.95. The van der Waals surface area contributed by atoms with Crippen LogP contribution in [0.2, 0.25) is 0 Å². The van der Waals surface area contributed by atoms with Crippen LogP contribution in [0.25, 0.3) is 0 Å². The minimum Gasteiger partial charge on any atom is -0.496 e. The Morgan fingerprint density at radius 2 is 1.81 bits per heavy atom. The van der Waals surface area contributed by atoms with Crippen molar-refractivity contribution in [1.82, 2.24) is 15.5 Å². The van der Waals surface area contributed by atoms with Crippen LogP contribution in [0.15, 0.2) is 53.5 Å². The maximum absolute atomic E-state index is 5.91. The molecule has 0 heterocycles. The van der Waals surface area contributed by atoms with Gasteiger partial charge in [0.05, 0.1) is 20.3 Å². The maximum Gasteiger partial charge on any atom is 0.191 e. The summed E-state index contributed by atoms with van der Waals surface area (Å²) < 4.78 is 16.4. The third kappa shape index (κ3) is 9.27. The maximum atomic E-state index is 5.91. The van der Waals surface area contributed by atoms with Gasteiger partial charge in [-0.2, -0.15) is 0 Å². The summed E-state index contributed by atoms with van der Waals surface area (Å²) in [6.45, 7) is 7.14. The molecule has 2 N–H and O–H groups in total. The Labute approximate surface area is 186 Å². The van der Waals surface area contributed by atoms with Crippen molar-refractivity contribution in [3.05, 3.63) is 59.7 Å². The van der Waals surface area contributed by atoms with Gasteiger partial charge in [-0.25, -0.2) is 4.99 Å². The summed E-state index contributed by atoms with van der Waals surface area (Å²) in [5.74, 6) is 2.49. The zero-order chi connectivity index (χ0) is 22.3. The van der Waals surface area contributed by atoms with Gasteiger partial charge < -0.3 is 29.7 Å². The monoisotopic (exact) mass is 428 g/mol.